The van der Waals surface area contributed by atoms with Crippen molar-refractivity contribution in [2.24, 2.45) is 4.99 Å². The zero-order valence-electron chi connectivity index (χ0n) is 8.47. The molecule has 0 saturated carbocycles. The van der Waals surface area contributed by atoms with Gasteiger partial charge < -0.3 is 4.74 Å². The maximum Gasteiger partial charge on any atom is 0.126 e. The van der Waals surface area contributed by atoms with Crippen molar-refractivity contribution < 1.29 is 4.74 Å². The van der Waals surface area contributed by atoms with E-state index in [1.54, 1.807) is 7.05 Å². The smallest absolute Gasteiger partial charge is 0.126 e. The third-order valence-electron chi connectivity index (χ3n) is 2.12. The molecule has 0 radical (unpaired) electrons. The Bertz CT molecular complexity index is 251. The van der Waals surface area contributed by atoms with E-state index >= 15 is 0 Å². The summed E-state index contributed by atoms with van der Waals surface area (Å²) in [6.45, 7) is 6.84. The van der Waals surface area contributed by atoms with Gasteiger partial charge in [0, 0.05) is 18.8 Å². The molecule has 1 aliphatic heterocycles. The zero-order valence-corrected chi connectivity index (χ0v) is 8.47. The normalized spacial score (nSPS) is 22.8. The Morgan fingerprint density at radius 2 is 2.31 bits per heavy atom. The van der Waals surface area contributed by atoms with Gasteiger partial charge in [-0.15, -0.1) is 0 Å². The average Bonchev–Trinajstić information content (AvgIpc) is 2.30. The molecular formula is C11H17NO. The van der Waals surface area contributed by atoms with Crippen LogP contribution in [0.5, 0.6) is 0 Å². The average molecular weight is 179 g/mol. The molecule has 0 aromatic rings. The molecule has 0 bridgehead atoms. The highest BCUT2D eigenvalue weighted by Crippen LogP contribution is 2.23. The van der Waals surface area contributed by atoms with Gasteiger partial charge in [0.15, 0.2) is 0 Å². The van der Waals surface area contributed by atoms with Crippen molar-refractivity contribution in [3.05, 3.63) is 23.5 Å². The Balaban J connectivity index is 2.85. The predicted molar refractivity (Wildman–Crippen MR) is 56.1 cm³/mol. The number of hydrogen-bond acceptors (Lipinski definition) is 2. The Kier molecular flexibility index (Phi) is 3.74. The number of aliphatic imine (C=N–C) groups is 1. The first kappa shape index (κ1) is 10.0. The lowest BCUT2D eigenvalue weighted by molar-refractivity contribution is 0.223. The molecule has 1 aliphatic rings. The number of allylic oxidation sites excluding steroid dienone is 2. The lowest BCUT2D eigenvalue weighted by Gasteiger charge is -2.09. The quantitative estimate of drug-likeness (QED) is 0.567. The third kappa shape index (κ3) is 2.72. The second-order valence-corrected chi connectivity index (χ2v) is 3.31. The van der Waals surface area contributed by atoms with Gasteiger partial charge in [0.05, 0.1) is 6.61 Å². The summed E-state index contributed by atoms with van der Waals surface area (Å²) in [5.41, 5.74) is 2.18. The Morgan fingerprint density at radius 3 is 3.00 bits per heavy atom. The lowest BCUT2D eigenvalue weighted by Crippen LogP contribution is -1.97. The van der Waals surface area contributed by atoms with Crippen LogP contribution in [-0.2, 0) is 4.74 Å². The van der Waals surface area contributed by atoms with Crippen LogP contribution in [0.25, 0.3) is 0 Å². The van der Waals surface area contributed by atoms with Gasteiger partial charge in [-0.25, -0.2) is 0 Å². The first-order valence-corrected chi connectivity index (χ1v) is 4.69. The minimum absolute atomic E-state index is 0.809. The second-order valence-electron chi connectivity index (χ2n) is 3.31. The Labute approximate surface area is 80.0 Å². The van der Waals surface area contributed by atoms with Crippen molar-refractivity contribution in [3.63, 3.8) is 0 Å². The van der Waals surface area contributed by atoms with Crippen LogP contribution >= 0.6 is 0 Å². The number of ether oxygens (including phenoxy) is 1. The van der Waals surface area contributed by atoms with E-state index in [2.05, 4.69) is 11.6 Å². The summed E-state index contributed by atoms with van der Waals surface area (Å²) in [5.74, 6) is 0.947. The highest BCUT2D eigenvalue weighted by Gasteiger charge is 2.11. The summed E-state index contributed by atoms with van der Waals surface area (Å²) in [4.78, 5) is 3.97. The standard InChI is InChI=1S/C11H17NO/c1-9-6-4-5-7-13-11(9)10(2)8-12-3/h8H,1,4-7H2,2-3H3/b11-10+,12-8?. The van der Waals surface area contributed by atoms with Gasteiger partial charge >= 0.3 is 0 Å². The maximum absolute atomic E-state index is 5.62. The van der Waals surface area contributed by atoms with Crippen molar-refractivity contribution in [2.75, 3.05) is 13.7 Å². The zero-order chi connectivity index (χ0) is 9.68. The van der Waals surface area contributed by atoms with Gasteiger partial charge in [0.25, 0.3) is 0 Å². The van der Waals surface area contributed by atoms with Crippen molar-refractivity contribution in [2.45, 2.75) is 26.2 Å². The molecule has 13 heavy (non-hydrogen) atoms. The molecule has 72 valence electrons. The van der Waals surface area contributed by atoms with Gasteiger partial charge in [-0.05, 0) is 31.8 Å². The molecule has 0 aromatic heterocycles. The van der Waals surface area contributed by atoms with Crippen molar-refractivity contribution >= 4 is 6.21 Å². The first-order chi connectivity index (χ1) is 6.25. The largest absolute Gasteiger partial charge is 0.493 e. The van der Waals surface area contributed by atoms with E-state index in [1.165, 1.54) is 6.42 Å². The molecule has 0 atom stereocenters. The Morgan fingerprint density at radius 1 is 1.54 bits per heavy atom. The summed E-state index contributed by atoms with van der Waals surface area (Å²) >= 11 is 0. The van der Waals surface area contributed by atoms with Crippen LogP contribution in [0.3, 0.4) is 0 Å². The molecule has 0 spiro atoms. The molecule has 1 rings (SSSR count). The van der Waals surface area contributed by atoms with Crippen molar-refractivity contribution in [3.8, 4) is 0 Å². The second kappa shape index (κ2) is 4.85. The fraction of sp³-hybridized carbons (Fsp3) is 0.545. The Hall–Kier alpha value is -1.05. The van der Waals surface area contributed by atoms with E-state index in [0.717, 1.165) is 36.4 Å². The van der Waals surface area contributed by atoms with E-state index < -0.39 is 0 Å². The molecule has 1 heterocycles. The van der Waals surface area contributed by atoms with Crippen LogP contribution in [0.15, 0.2) is 28.5 Å². The van der Waals surface area contributed by atoms with Gasteiger partial charge in [0.1, 0.15) is 5.76 Å². The molecule has 2 heteroatoms. The van der Waals surface area contributed by atoms with Gasteiger partial charge in [-0.2, -0.15) is 0 Å². The van der Waals surface area contributed by atoms with Crippen molar-refractivity contribution in [1.29, 1.82) is 0 Å². The monoisotopic (exact) mass is 179 g/mol. The van der Waals surface area contributed by atoms with Crippen LogP contribution in [0.4, 0.5) is 0 Å². The highest BCUT2D eigenvalue weighted by atomic mass is 16.5. The molecule has 0 unspecified atom stereocenters. The van der Waals surface area contributed by atoms with Crippen LogP contribution in [-0.4, -0.2) is 19.9 Å². The fourth-order valence-electron chi connectivity index (χ4n) is 1.48. The number of hydrogen-bond donors (Lipinski definition) is 0. The van der Waals surface area contributed by atoms with Crippen LogP contribution < -0.4 is 0 Å². The minimum Gasteiger partial charge on any atom is -0.493 e. The molecule has 0 aliphatic carbocycles. The summed E-state index contributed by atoms with van der Waals surface area (Å²) in [6, 6.07) is 0. The summed E-state index contributed by atoms with van der Waals surface area (Å²) < 4.78 is 5.62. The van der Waals surface area contributed by atoms with E-state index in [4.69, 9.17) is 4.74 Å². The maximum atomic E-state index is 5.62. The van der Waals surface area contributed by atoms with Crippen molar-refractivity contribution in [1.82, 2.24) is 0 Å². The molecule has 1 saturated heterocycles. The topological polar surface area (TPSA) is 21.6 Å². The van der Waals surface area contributed by atoms with Gasteiger partial charge in [0.2, 0.25) is 0 Å². The molecular weight excluding hydrogens is 162 g/mol. The van der Waals surface area contributed by atoms with Gasteiger partial charge in [-0.3, -0.25) is 4.99 Å². The highest BCUT2D eigenvalue weighted by molar-refractivity contribution is 5.79. The molecule has 1 fully saturated rings. The molecule has 0 aromatic carbocycles. The van der Waals surface area contributed by atoms with E-state index in [0.29, 0.717) is 0 Å². The number of nitrogens with zero attached hydrogens (tertiary/aromatic N) is 1. The van der Waals surface area contributed by atoms with E-state index in [1.807, 2.05) is 13.1 Å². The molecule has 0 N–H and O–H groups in total. The fourth-order valence-corrected chi connectivity index (χ4v) is 1.48. The van der Waals surface area contributed by atoms with Crippen LogP contribution in [0.2, 0.25) is 0 Å². The number of rotatable bonds is 1. The molecule has 0 amide bonds. The first-order valence-electron chi connectivity index (χ1n) is 4.69. The van der Waals surface area contributed by atoms with Crippen LogP contribution in [0, 0.1) is 0 Å². The SMILES string of the molecule is C=C1CCCCO/C1=C(\C)C=NC. The predicted octanol–water partition coefficient (Wildman–Crippen LogP) is 2.72. The van der Waals surface area contributed by atoms with Gasteiger partial charge in [-0.1, -0.05) is 6.58 Å². The minimum atomic E-state index is 0.809. The summed E-state index contributed by atoms with van der Waals surface area (Å²) in [7, 11) is 1.77. The lowest BCUT2D eigenvalue weighted by atomic mass is 10.1. The third-order valence-corrected chi connectivity index (χ3v) is 2.12. The summed E-state index contributed by atoms with van der Waals surface area (Å²) in [5, 5.41) is 0. The van der Waals surface area contributed by atoms with E-state index in [-0.39, 0.29) is 0 Å². The van der Waals surface area contributed by atoms with Crippen LogP contribution in [0.1, 0.15) is 26.2 Å². The van der Waals surface area contributed by atoms with E-state index in [9.17, 15) is 0 Å². The summed E-state index contributed by atoms with van der Waals surface area (Å²) in [6.07, 6.45) is 5.17. The molecule has 2 nitrogen and oxygen atoms in total.